The average Bonchev–Trinajstić information content (AvgIpc) is 2.81. The summed E-state index contributed by atoms with van der Waals surface area (Å²) in [5.74, 6) is -0.404. The van der Waals surface area contributed by atoms with Crippen molar-refractivity contribution in [1.82, 2.24) is 5.32 Å². The van der Waals surface area contributed by atoms with E-state index in [1.807, 2.05) is 12.1 Å². The fraction of sp³-hybridized carbons (Fsp3) is 0.417. The molecule has 0 unspecified atom stereocenters. The predicted molar refractivity (Wildman–Crippen MR) is 117 cm³/mol. The average molecular weight is 442 g/mol. The molecule has 0 bridgehead atoms. The van der Waals surface area contributed by atoms with Gasteiger partial charge in [0.25, 0.3) is 0 Å². The fourth-order valence-electron chi connectivity index (χ4n) is 4.37. The first-order valence-corrected chi connectivity index (χ1v) is 10.7. The smallest absolute Gasteiger partial charge is 0.313 e. The Morgan fingerprint density at radius 1 is 1.16 bits per heavy atom. The molecule has 0 aromatic heterocycles. The zero-order chi connectivity index (χ0) is 22.7. The van der Waals surface area contributed by atoms with Gasteiger partial charge in [0.1, 0.15) is 29.3 Å². The molecule has 0 atom stereocenters. The summed E-state index contributed by atoms with van der Waals surface area (Å²) >= 11 is 0. The van der Waals surface area contributed by atoms with Crippen molar-refractivity contribution in [2.75, 3.05) is 31.7 Å². The Bertz CT molecular complexity index is 1000. The number of fused-ring (bicyclic) bond motifs is 1. The van der Waals surface area contributed by atoms with Crippen molar-refractivity contribution >= 4 is 17.6 Å². The van der Waals surface area contributed by atoms with Crippen molar-refractivity contribution in [3.8, 4) is 11.5 Å². The lowest BCUT2D eigenvalue weighted by atomic mass is 9.80. The zero-order valence-electron chi connectivity index (χ0n) is 18.0. The third-order valence-corrected chi connectivity index (χ3v) is 6.37. The number of rotatable bonds is 7. The van der Waals surface area contributed by atoms with Crippen LogP contribution in [-0.2, 0) is 22.6 Å². The minimum Gasteiger partial charge on any atom is -0.497 e. The minimum atomic E-state index is -0.972. The number of carboxylic acids is 1. The van der Waals surface area contributed by atoms with Crippen LogP contribution in [-0.4, -0.2) is 43.8 Å². The molecule has 2 aliphatic rings. The summed E-state index contributed by atoms with van der Waals surface area (Å²) in [5, 5.41) is 13.0. The Labute approximate surface area is 186 Å². The molecular formula is C24H27FN2O5. The molecule has 1 fully saturated rings. The maximum atomic E-state index is 14.9. The van der Waals surface area contributed by atoms with Crippen LogP contribution in [0.2, 0.25) is 0 Å². The highest BCUT2D eigenvalue weighted by atomic mass is 19.1. The molecule has 1 saturated heterocycles. The summed E-state index contributed by atoms with van der Waals surface area (Å²) in [5.41, 5.74) is 0.689. The van der Waals surface area contributed by atoms with E-state index in [0.717, 1.165) is 5.56 Å². The van der Waals surface area contributed by atoms with E-state index in [4.69, 9.17) is 9.47 Å². The third-order valence-electron chi connectivity index (χ3n) is 6.37. The number of carbonyl (C=O) groups excluding carboxylic acids is 1. The van der Waals surface area contributed by atoms with E-state index in [9.17, 15) is 19.1 Å². The molecule has 32 heavy (non-hydrogen) atoms. The van der Waals surface area contributed by atoms with Crippen LogP contribution < -0.4 is 19.7 Å². The van der Waals surface area contributed by atoms with Crippen LogP contribution >= 0.6 is 0 Å². The lowest BCUT2D eigenvalue weighted by molar-refractivity contribution is -0.152. The molecule has 8 heteroatoms. The number of piperidine rings is 1. The molecule has 2 N–H and O–H groups in total. The van der Waals surface area contributed by atoms with Crippen LogP contribution in [0.5, 0.6) is 11.5 Å². The summed E-state index contributed by atoms with van der Waals surface area (Å²) in [6.45, 7) is 1.46. The van der Waals surface area contributed by atoms with Crippen LogP contribution in [0, 0.1) is 11.2 Å². The van der Waals surface area contributed by atoms with E-state index in [1.54, 1.807) is 19.2 Å². The van der Waals surface area contributed by atoms with Gasteiger partial charge in [0, 0.05) is 12.0 Å². The molecule has 2 heterocycles. The highest BCUT2D eigenvalue weighted by molar-refractivity contribution is 5.97. The van der Waals surface area contributed by atoms with E-state index in [1.165, 1.54) is 17.0 Å². The number of halogens is 1. The number of ether oxygens (including phenoxy) is 2. The maximum Gasteiger partial charge on any atom is 0.313 e. The maximum absolute atomic E-state index is 14.9. The van der Waals surface area contributed by atoms with Crippen molar-refractivity contribution in [3.63, 3.8) is 0 Å². The summed E-state index contributed by atoms with van der Waals surface area (Å²) in [7, 11) is 1.58. The molecule has 2 aliphatic heterocycles. The highest BCUT2D eigenvalue weighted by Gasteiger charge is 2.41. The van der Waals surface area contributed by atoms with E-state index in [0.29, 0.717) is 49.4 Å². The van der Waals surface area contributed by atoms with E-state index >= 15 is 0 Å². The molecule has 0 spiro atoms. The molecule has 4 rings (SSSR count). The summed E-state index contributed by atoms with van der Waals surface area (Å²) in [4.78, 5) is 26.1. The molecule has 170 valence electrons. The van der Waals surface area contributed by atoms with E-state index < -0.39 is 17.2 Å². The van der Waals surface area contributed by atoms with Gasteiger partial charge in [-0.2, -0.15) is 0 Å². The van der Waals surface area contributed by atoms with Gasteiger partial charge in [0.15, 0.2) is 0 Å². The van der Waals surface area contributed by atoms with Crippen molar-refractivity contribution < 1.29 is 28.6 Å². The van der Waals surface area contributed by atoms with E-state index in [-0.39, 0.29) is 31.2 Å². The summed E-state index contributed by atoms with van der Waals surface area (Å²) in [6, 6.07) is 10.1. The number of hydrogen-bond acceptors (Lipinski definition) is 5. The Morgan fingerprint density at radius 3 is 2.53 bits per heavy atom. The van der Waals surface area contributed by atoms with E-state index in [2.05, 4.69) is 5.32 Å². The van der Waals surface area contributed by atoms with Crippen LogP contribution in [0.15, 0.2) is 36.4 Å². The number of hydrogen-bond donors (Lipinski definition) is 2. The van der Waals surface area contributed by atoms with Gasteiger partial charge in [-0.15, -0.1) is 0 Å². The van der Waals surface area contributed by atoms with Crippen molar-refractivity contribution in [2.45, 2.75) is 32.2 Å². The van der Waals surface area contributed by atoms with Gasteiger partial charge in [-0.1, -0.05) is 12.1 Å². The normalized spacial score (nSPS) is 17.6. The van der Waals surface area contributed by atoms with Crippen LogP contribution in [0.3, 0.4) is 0 Å². The van der Waals surface area contributed by atoms with Crippen LogP contribution in [0.1, 0.15) is 30.4 Å². The first-order valence-electron chi connectivity index (χ1n) is 10.7. The highest BCUT2D eigenvalue weighted by Crippen LogP contribution is 2.39. The number of carboxylic acid groups (broad SMARTS) is 1. The number of anilines is 1. The van der Waals surface area contributed by atoms with Crippen molar-refractivity contribution in [1.29, 1.82) is 0 Å². The third kappa shape index (κ3) is 4.27. The number of methoxy groups -OCH3 is 1. The first-order chi connectivity index (χ1) is 15.4. The first kappa shape index (κ1) is 22.1. The van der Waals surface area contributed by atoms with Gasteiger partial charge in [-0.25, -0.2) is 4.39 Å². The second-order valence-electron chi connectivity index (χ2n) is 8.32. The second-order valence-corrected chi connectivity index (χ2v) is 8.32. The number of benzene rings is 2. The van der Waals surface area contributed by atoms with Crippen LogP contribution in [0.25, 0.3) is 0 Å². The number of carbonyl (C=O) groups is 2. The number of nitrogens with one attached hydrogen (secondary N) is 1. The number of amides is 1. The fourth-order valence-corrected chi connectivity index (χ4v) is 4.37. The Balaban J connectivity index is 1.60. The summed E-state index contributed by atoms with van der Waals surface area (Å²) < 4.78 is 26.1. The quantitative estimate of drug-likeness (QED) is 0.685. The van der Waals surface area contributed by atoms with Gasteiger partial charge >= 0.3 is 5.97 Å². The molecular weight excluding hydrogens is 415 g/mol. The molecule has 0 saturated carbocycles. The van der Waals surface area contributed by atoms with Gasteiger partial charge < -0.3 is 24.8 Å². The Hall–Kier alpha value is -3.13. The Kier molecular flexibility index (Phi) is 6.32. The van der Waals surface area contributed by atoms with Crippen molar-refractivity contribution in [2.24, 2.45) is 5.41 Å². The lowest BCUT2D eigenvalue weighted by Gasteiger charge is -2.35. The Morgan fingerprint density at radius 2 is 1.88 bits per heavy atom. The van der Waals surface area contributed by atoms with Gasteiger partial charge in [0.2, 0.25) is 5.91 Å². The number of aliphatic carboxylic acids is 1. The molecule has 7 nitrogen and oxygen atoms in total. The largest absolute Gasteiger partial charge is 0.497 e. The topological polar surface area (TPSA) is 88.1 Å². The molecule has 2 aromatic carbocycles. The monoisotopic (exact) mass is 442 g/mol. The minimum absolute atomic E-state index is 0.00844. The van der Waals surface area contributed by atoms with Crippen molar-refractivity contribution in [3.05, 3.63) is 53.3 Å². The lowest BCUT2D eigenvalue weighted by Crippen LogP contribution is -2.46. The standard InChI is InChI=1S/C24H27FN2O5/c1-31-17-4-2-16(3-5-17)14-27-21(28)9-6-18-20(8-7-19(25)22(18)27)32-15-24(23(29)30)10-12-26-13-11-24/h2-5,7-8,26H,6,9-15H2,1H3,(H,29,30). The van der Waals surface area contributed by atoms with Gasteiger partial charge in [-0.05, 0) is 62.2 Å². The molecule has 0 aliphatic carbocycles. The van der Waals surface area contributed by atoms with Gasteiger partial charge in [-0.3, -0.25) is 9.59 Å². The molecule has 1 amide bonds. The zero-order valence-corrected chi connectivity index (χ0v) is 18.0. The molecule has 2 aromatic rings. The number of nitrogens with zero attached hydrogens (tertiary/aromatic N) is 1. The second kappa shape index (κ2) is 9.16. The van der Waals surface area contributed by atoms with Gasteiger partial charge in [0.05, 0.1) is 19.3 Å². The SMILES string of the molecule is COc1ccc(CN2C(=O)CCc3c(OCC4(C(=O)O)CCNCC4)ccc(F)c32)cc1. The molecule has 0 radical (unpaired) electrons. The predicted octanol–water partition coefficient (Wildman–Crippen LogP) is 3.15. The summed E-state index contributed by atoms with van der Waals surface area (Å²) in [6.07, 6.45) is 1.51. The van der Waals surface area contributed by atoms with Crippen LogP contribution in [0.4, 0.5) is 10.1 Å².